The second-order valence-corrected chi connectivity index (χ2v) is 10.7. The van der Waals surface area contributed by atoms with Crippen LogP contribution in [0.15, 0.2) is 28.1 Å². The Kier molecular flexibility index (Phi) is 9.59. The first-order valence-corrected chi connectivity index (χ1v) is 13.6. The van der Waals surface area contributed by atoms with Gasteiger partial charge in [-0.1, -0.05) is 19.9 Å². The van der Waals surface area contributed by atoms with E-state index in [4.69, 9.17) is 0 Å². The van der Waals surface area contributed by atoms with E-state index in [2.05, 4.69) is 29.9 Å². The Balaban J connectivity index is 0.000000192. The van der Waals surface area contributed by atoms with Crippen LogP contribution in [-0.2, 0) is 19.0 Å². The van der Waals surface area contributed by atoms with Crippen LogP contribution in [0.1, 0.15) is 90.2 Å². The van der Waals surface area contributed by atoms with Crippen molar-refractivity contribution in [2.75, 3.05) is 11.5 Å². The van der Waals surface area contributed by atoms with Crippen molar-refractivity contribution < 1.29 is 22.8 Å². The Morgan fingerprint density at radius 1 is 0.824 bits per heavy atom. The van der Waals surface area contributed by atoms with Crippen LogP contribution in [0.5, 0.6) is 0 Å². The van der Waals surface area contributed by atoms with E-state index in [1.807, 2.05) is 11.8 Å². The molecular weight excluding hydrogens is 481 g/mol. The van der Waals surface area contributed by atoms with Crippen molar-refractivity contribution in [1.82, 2.24) is 9.97 Å². The molecule has 4 nitrogen and oxygen atoms in total. The van der Waals surface area contributed by atoms with Gasteiger partial charge in [0.1, 0.15) is 17.1 Å². The summed E-state index contributed by atoms with van der Waals surface area (Å²) in [7, 11) is 0. The first-order chi connectivity index (χ1) is 16.2. The lowest BCUT2D eigenvalue weighted by atomic mass is 10.1. The summed E-state index contributed by atoms with van der Waals surface area (Å²) >= 11 is 3.56. The summed E-state index contributed by atoms with van der Waals surface area (Å²) in [4.78, 5) is 33.0. The van der Waals surface area contributed by atoms with Crippen LogP contribution in [0.2, 0.25) is 0 Å². The number of carbonyl (C=O) groups excluding carboxylic acids is 2. The molecule has 9 heteroatoms. The smallest absolute Gasteiger partial charge is 0.292 e. The van der Waals surface area contributed by atoms with E-state index in [-0.39, 0.29) is 17.3 Å². The molecule has 34 heavy (non-hydrogen) atoms. The number of nitrogens with zero attached hydrogens (tertiary/aromatic N) is 2. The van der Waals surface area contributed by atoms with Gasteiger partial charge in [0.2, 0.25) is 0 Å². The zero-order valence-corrected chi connectivity index (χ0v) is 21.1. The fourth-order valence-corrected chi connectivity index (χ4v) is 5.62. The fraction of sp³-hybridized carbons (Fsp3) is 0.520. The predicted molar refractivity (Wildman–Crippen MR) is 130 cm³/mol. The molecule has 2 aromatic rings. The van der Waals surface area contributed by atoms with Gasteiger partial charge in [0.05, 0.1) is 5.03 Å². The van der Waals surface area contributed by atoms with Gasteiger partial charge in [0, 0.05) is 17.7 Å². The topological polar surface area (TPSA) is 59.9 Å². The molecule has 184 valence electrons. The maximum atomic E-state index is 12.4. The highest BCUT2D eigenvalue weighted by Gasteiger charge is 2.34. The number of hydrogen-bond donors (Lipinski definition) is 0. The molecule has 4 rings (SSSR count). The average Bonchev–Trinajstić information content (AvgIpc) is 3.10. The molecule has 0 saturated carbocycles. The normalized spacial score (nSPS) is 16.0. The average molecular weight is 511 g/mol. The van der Waals surface area contributed by atoms with Crippen LogP contribution in [0.4, 0.5) is 13.2 Å². The summed E-state index contributed by atoms with van der Waals surface area (Å²) in [6.45, 7) is 4.27. The van der Waals surface area contributed by atoms with E-state index in [9.17, 15) is 22.8 Å². The molecule has 0 saturated heterocycles. The summed E-state index contributed by atoms with van der Waals surface area (Å²) in [6.07, 6.45) is 1.76. The van der Waals surface area contributed by atoms with Crippen LogP contribution in [0.3, 0.4) is 0 Å². The SMILES string of the molecule is CCSc1cc(SCC)c2c(n1)C(=O)CCCC2.O=C1CCCCc2ccc(C(F)(F)F)nc21. The second-order valence-electron chi connectivity index (χ2n) is 8.11. The van der Waals surface area contributed by atoms with Gasteiger partial charge in [-0.2, -0.15) is 13.2 Å². The van der Waals surface area contributed by atoms with Crippen LogP contribution in [0, 0.1) is 0 Å². The number of Topliss-reactive ketones (excluding diaryl/α,β-unsaturated/α-hetero) is 2. The molecule has 0 radical (unpaired) electrons. The zero-order valence-electron chi connectivity index (χ0n) is 19.5. The maximum Gasteiger partial charge on any atom is 0.433 e. The van der Waals surface area contributed by atoms with Crippen LogP contribution >= 0.6 is 23.5 Å². The van der Waals surface area contributed by atoms with Gasteiger partial charge in [-0.3, -0.25) is 9.59 Å². The number of ketones is 2. The quantitative estimate of drug-likeness (QED) is 0.320. The molecule has 0 atom stereocenters. The van der Waals surface area contributed by atoms with Gasteiger partial charge >= 0.3 is 6.18 Å². The molecule has 0 aromatic carbocycles. The van der Waals surface area contributed by atoms with Crippen molar-refractivity contribution in [2.45, 2.75) is 81.3 Å². The Morgan fingerprint density at radius 2 is 1.44 bits per heavy atom. The minimum Gasteiger partial charge on any atom is -0.292 e. The molecule has 0 spiro atoms. The first-order valence-electron chi connectivity index (χ1n) is 11.7. The molecule has 2 aliphatic rings. The van der Waals surface area contributed by atoms with Crippen molar-refractivity contribution in [3.05, 3.63) is 46.4 Å². The van der Waals surface area contributed by atoms with Gasteiger partial charge in [-0.25, -0.2) is 9.97 Å². The Hall–Kier alpha value is -1.87. The fourth-order valence-electron chi connectivity index (χ4n) is 4.02. The molecular formula is C25H29F3N2O2S2. The Morgan fingerprint density at radius 3 is 2.09 bits per heavy atom. The van der Waals surface area contributed by atoms with Gasteiger partial charge in [-0.05, 0) is 73.3 Å². The summed E-state index contributed by atoms with van der Waals surface area (Å²) in [5.41, 5.74) is 1.61. The van der Waals surface area contributed by atoms with E-state index in [0.29, 0.717) is 24.8 Å². The highest BCUT2D eigenvalue weighted by molar-refractivity contribution is 8.00. The summed E-state index contributed by atoms with van der Waals surface area (Å²) in [6, 6.07) is 4.48. The van der Waals surface area contributed by atoms with Crippen LogP contribution in [-0.4, -0.2) is 33.0 Å². The zero-order chi connectivity index (χ0) is 24.7. The molecule has 0 amide bonds. The lowest BCUT2D eigenvalue weighted by Crippen LogP contribution is -2.13. The molecule has 0 unspecified atom stereocenters. The second kappa shape index (κ2) is 12.2. The number of halogens is 3. The van der Waals surface area contributed by atoms with Crippen molar-refractivity contribution in [3.63, 3.8) is 0 Å². The number of pyridine rings is 2. The third kappa shape index (κ3) is 6.84. The Bertz CT molecular complexity index is 1040. The number of thioether (sulfide) groups is 2. The number of fused-ring (bicyclic) bond motifs is 2. The molecule has 2 aromatic heterocycles. The van der Waals surface area contributed by atoms with Gasteiger partial charge in [0.25, 0.3) is 0 Å². The Labute approximate surface area is 206 Å². The third-order valence-corrected chi connectivity index (χ3v) is 7.39. The monoisotopic (exact) mass is 510 g/mol. The molecule has 0 fully saturated rings. The molecule has 2 heterocycles. The summed E-state index contributed by atoms with van der Waals surface area (Å²) in [5.74, 6) is 1.99. The minimum absolute atomic E-state index is 0.00678. The van der Waals surface area contributed by atoms with Gasteiger partial charge < -0.3 is 0 Å². The molecule has 0 N–H and O–H groups in total. The highest BCUT2D eigenvalue weighted by atomic mass is 32.2. The molecule has 2 aliphatic carbocycles. The lowest BCUT2D eigenvalue weighted by molar-refractivity contribution is -0.141. The standard InChI is InChI=1S/C14H19NOS2.C11H10F3NO/c1-3-17-12-9-13(18-4-2)15-14-10(12)7-5-6-8-11(14)16;12-11(13,14)9-6-5-7-3-1-2-4-8(16)10(7)15-9/h9H,3-8H2,1-2H3;5-6H,1-4H2. The number of rotatable bonds is 4. The van der Waals surface area contributed by atoms with Crippen molar-refractivity contribution in [2.24, 2.45) is 0 Å². The summed E-state index contributed by atoms with van der Waals surface area (Å²) < 4.78 is 37.2. The molecule has 0 bridgehead atoms. The van der Waals surface area contributed by atoms with E-state index in [0.717, 1.165) is 60.4 Å². The first kappa shape index (κ1) is 26.7. The van der Waals surface area contributed by atoms with Crippen LogP contribution in [0.25, 0.3) is 0 Å². The van der Waals surface area contributed by atoms with E-state index < -0.39 is 11.9 Å². The minimum atomic E-state index is -4.48. The van der Waals surface area contributed by atoms with Crippen molar-refractivity contribution >= 4 is 35.1 Å². The van der Waals surface area contributed by atoms with Gasteiger partial charge in [0.15, 0.2) is 11.6 Å². The lowest BCUT2D eigenvalue weighted by Gasteiger charge is -2.12. The van der Waals surface area contributed by atoms with E-state index in [1.54, 1.807) is 11.8 Å². The number of carbonyl (C=O) groups is 2. The highest BCUT2D eigenvalue weighted by Crippen LogP contribution is 2.33. The van der Waals surface area contributed by atoms with E-state index in [1.165, 1.54) is 16.5 Å². The number of aromatic nitrogens is 2. The maximum absolute atomic E-state index is 12.4. The molecule has 0 aliphatic heterocycles. The van der Waals surface area contributed by atoms with Crippen molar-refractivity contribution in [3.8, 4) is 0 Å². The number of aryl methyl sites for hydroxylation is 1. The van der Waals surface area contributed by atoms with E-state index >= 15 is 0 Å². The number of alkyl halides is 3. The van der Waals surface area contributed by atoms with Crippen molar-refractivity contribution in [1.29, 1.82) is 0 Å². The number of hydrogen-bond acceptors (Lipinski definition) is 6. The largest absolute Gasteiger partial charge is 0.433 e. The third-order valence-electron chi connectivity index (χ3n) is 5.63. The predicted octanol–water partition coefficient (Wildman–Crippen LogP) is 7.22. The van der Waals surface area contributed by atoms with Crippen LogP contribution < -0.4 is 0 Å². The summed E-state index contributed by atoms with van der Waals surface area (Å²) in [5, 5.41) is 1.00. The van der Waals surface area contributed by atoms with Gasteiger partial charge in [-0.15, -0.1) is 23.5 Å².